The van der Waals surface area contributed by atoms with E-state index in [9.17, 15) is 4.79 Å². The number of rotatable bonds is 3. The Balaban J connectivity index is 1.84. The maximum atomic E-state index is 12.3. The standard InChI is InChI=1S/C15H14ClN5O/c1-21(2)9-3-4-13(17-7-9)15(22)19-12-6-5-11-10(14(12)16)8-18-20-11/h3-8H,1-2H3,(H,18,20)(H,19,22). The van der Waals surface area contributed by atoms with E-state index < -0.39 is 0 Å². The number of aromatic nitrogens is 3. The number of carbonyl (C=O) groups excluding carboxylic acids is 1. The molecule has 22 heavy (non-hydrogen) atoms. The van der Waals surface area contributed by atoms with Crippen LogP contribution in [-0.4, -0.2) is 35.2 Å². The second kappa shape index (κ2) is 5.65. The summed E-state index contributed by atoms with van der Waals surface area (Å²) in [6.45, 7) is 0. The number of carbonyl (C=O) groups is 1. The van der Waals surface area contributed by atoms with E-state index in [0.717, 1.165) is 16.6 Å². The van der Waals surface area contributed by atoms with E-state index in [-0.39, 0.29) is 5.91 Å². The van der Waals surface area contributed by atoms with Gasteiger partial charge in [0.15, 0.2) is 0 Å². The molecule has 0 spiro atoms. The quantitative estimate of drug-likeness (QED) is 0.779. The number of pyridine rings is 1. The van der Waals surface area contributed by atoms with E-state index in [1.54, 1.807) is 24.5 Å². The van der Waals surface area contributed by atoms with Crippen molar-refractivity contribution in [3.63, 3.8) is 0 Å². The van der Waals surface area contributed by atoms with Crippen molar-refractivity contribution < 1.29 is 4.79 Å². The minimum atomic E-state index is -0.310. The molecule has 2 heterocycles. The van der Waals surface area contributed by atoms with E-state index in [4.69, 9.17) is 11.6 Å². The zero-order valence-corrected chi connectivity index (χ0v) is 12.8. The molecule has 112 valence electrons. The molecule has 0 aliphatic heterocycles. The minimum absolute atomic E-state index is 0.310. The molecule has 2 N–H and O–H groups in total. The van der Waals surface area contributed by atoms with Gasteiger partial charge in [0, 0.05) is 19.5 Å². The van der Waals surface area contributed by atoms with Crippen molar-refractivity contribution in [3.05, 3.63) is 47.4 Å². The average Bonchev–Trinajstić information content (AvgIpc) is 2.99. The van der Waals surface area contributed by atoms with Crippen molar-refractivity contribution in [2.45, 2.75) is 0 Å². The molecular formula is C15H14ClN5O. The molecule has 0 bridgehead atoms. The first-order valence-corrected chi connectivity index (χ1v) is 7.00. The summed E-state index contributed by atoms with van der Waals surface area (Å²) in [6, 6.07) is 7.05. The smallest absolute Gasteiger partial charge is 0.274 e. The van der Waals surface area contributed by atoms with Crippen molar-refractivity contribution in [3.8, 4) is 0 Å². The van der Waals surface area contributed by atoms with Crippen molar-refractivity contribution >= 4 is 39.8 Å². The predicted molar refractivity (Wildman–Crippen MR) is 87.6 cm³/mol. The lowest BCUT2D eigenvalue weighted by Crippen LogP contribution is -2.15. The number of anilines is 2. The number of amides is 1. The summed E-state index contributed by atoms with van der Waals surface area (Å²) in [5.74, 6) is -0.310. The number of hydrogen-bond donors (Lipinski definition) is 2. The third-order valence-electron chi connectivity index (χ3n) is 3.30. The Hall–Kier alpha value is -2.60. The Morgan fingerprint density at radius 1 is 1.23 bits per heavy atom. The van der Waals surface area contributed by atoms with Crippen LogP contribution in [0.4, 0.5) is 11.4 Å². The highest BCUT2D eigenvalue weighted by atomic mass is 35.5. The van der Waals surface area contributed by atoms with Crippen LogP contribution in [0.3, 0.4) is 0 Å². The molecule has 7 heteroatoms. The Labute approximate surface area is 132 Å². The first kappa shape index (κ1) is 14.3. The zero-order valence-electron chi connectivity index (χ0n) is 12.1. The van der Waals surface area contributed by atoms with Crippen LogP contribution in [0.1, 0.15) is 10.5 Å². The molecule has 1 aromatic carbocycles. The number of nitrogens with zero attached hydrogens (tertiary/aromatic N) is 3. The van der Waals surface area contributed by atoms with Gasteiger partial charge in [-0.3, -0.25) is 9.89 Å². The molecule has 0 saturated carbocycles. The van der Waals surface area contributed by atoms with Crippen LogP contribution in [-0.2, 0) is 0 Å². The van der Waals surface area contributed by atoms with E-state index in [0.29, 0.717) is 16.4 Å². The first-order chi connectivity index (χ1) is 10.6. The molecule has 2 aromatic heterocycles. The van der Waals surface area contributed by atoms with Crippen LogP contribution >= 0.6 is 11.6 Å². The van der Waals surface area contributed by atoms with Crippen LogP contribution in [0.2, 0.25) is 5.02 Å². The van der Waals surface area contributed by atoms with Crippen LogP contribution < -0.4 is 10.2 Å². The Bertz CT molecular complexity index is 826. The number of aromatic amines is 1. The molecule has 3 rings (SSSR count). The summed E-state index contributed by atoms with van der Waals surface area (Å²) in [7, 11) is 3.83. The molecule has 0 aliphatic carbocycles. The number of fused-ring (bicyclic) bond motifs is 1. The number of hydrogen-bond acceptors (Lipinski definition) is 4. The first-order valence-electron chi connectivity index (χ1n) is 6.62. The van der Waals surface area contributed by atoms with Crippen molar-refractivity contribution in [1.29, 1.82) is 0 Å². The van der Waals surface area contributed by atoms with E-state index in [1.807, 2.05) is 31.1 Å². The van der Waals surface area contributed by atoms with Gasteiger partial charge in [0.25, 0.3) is 5.91 Å². The molecule has 0 radical (unpaired) electrons. The summed E-state index contributed by atoms with van der Waals surface area (Å²) in [5.41, 5.74) is 2.60. The molecule has 6 nitrogen and oxygen atoms in total. The fraction of sp³-hybridized carbons (Fsp3) is 0.133. The summed E-state index contributed by atoms with van der Waals surface area (Å²) in [4.78, 5) is 18.3. The predicted octanol–water partition coefficient (Wildman–Crippen LogP) is 2.93. The van der Waals surface area contributed by atoms with Crippen molar-refractivity contribution in [1.82, 2.24) is 15.2 Å². The third kappa shape index (κ3) is 2.60. The highest BCUT2D eigenvalue weighted by molar-refractivity contribution is 6.38. The third-order valence-corrected chi connectivity index (χ3v) is 3.71. The monoisotopic (exact) mass is 315 g/mol. The molecule has 0 saturated heterocycles. The van der Waals surface area contributed by atoms with Gasteiger partial charge in [0.2, 0.25) is 0 Å². The molecule has 0 aliphatic rings. The Morgan fingerprint density at radius 3 is 2.73 bits per heavy atom. The van der Waals surface area contributed by atoms with Crippen molar-refractivity contribution in [2.24, 2.45) is 0 Å². The fourth-order valence-corrected chi connectivity index (χ4v) is 2.31. The van der Waals surface area contributed by atoms with E-state index >= 15 is 0 Å². The largest absolute Gasteiger partial charge is 0.376 e. The van der Waals surface area contributed by atoms with Gasteiger partial charge in [-0.15, -0.1) is 0 Å². The number of nitrogens with one attached hydrogen (secondary N) is 2. The minimum Gasteiger partial charge on any atom is -0.376 e. The SMILES string of the molecule is CN(C)c1ccc(C(=O)Nc2ccc3[nH]ncc3c2Cl)nc1. The summed E-state index contributed by atoms with van der Waals surface area (Å²) in [5, 5.41) is 10.7. The normalized spacial score (nSPS) is 10.7. The highest BCUT2D eigenvalue weighted by Crippen LogP contribution is 2.30. The highest BCUT2D eigenvalue weighted by Gasteiger charge is 2.12. The van der Waals surface area contributed by atoms with Gasteiger partial charge < -0.3 is 10.2 Å². The van der Waals surface area contributed by atoms with E-state index in [2.05, 4.69) is 20.5 Å². The Kier molecular flexibility index (Phi) is 3.68. The van der Waals surface area contributed by atoms with Crippen LogP contribution in [0.25, 0.3) is 10.9 Å². The second-order valence-electron chi connectivity index (χ2n) is 5.01. The zero-order chi connectivity index (χ0) is 15.7. The van der Waals surface area contributed by atoms with Gasteiger partial charge in [0.05, 0.1) is 34.3 Å². The average molecular weight is 316 g/mol. The van der Waals surface area contributed by atoms with Crippen LogP contribution in [0.5, 0.6) is 0 Å². The van der Waals surface area contributed by atoms with Gasteiger partial charge in [-0.05, 0) is 24.3 Å². The van der Waals surface area contributed by atoms with Crippen LogP contribution in [0, 0.1) is 0 Å². The lowest BCUT2D eigenvalue weighted by atomic mass is 10.2. The van der Waals surface area contributed by atoms with Gasteiger partial charge >= 0.3 is 0 Å². The summed E-state index contributed by atoms with van der Waals surface area (Å²) < 4.78 is 0. The number of H-pyrrole nitrogens is 1. The molecule has 3 aromatic rings. The van der Waals surface area contributed by atoms with E-state index in [1.165, 1.54) is 0 Å². The number of benzene rings is 1. The lowest BCUT2D eigenvalue weighted by molar-refractivity contribution is 0.102. The summed E-state index contributed by atoms with van der Waals surface area (Å²) >= 11 is 6.28. The molecule has 1 amide bonds. The molecule has 0 fully saturated rings. The maximum absolute atomic E-state index is 12.3. The van der Waals surface area contributed by atoms with Crippen LogP contribution in [0.15, 0.2) is 36.7 Å². The fourth-order valence-electron chi connectivity index (χ4n) is 2.05. The van der Waals surface area contributed by atoms with Crippen molar-refractivity contribution in [2.75, 3.05) is 24.3 Å². The molecular weight excluding hydrogens is 302 g/mol. The second-order valence-corrected chi connectivity index (χ2v) is 5.39. The Morgan fingerprint density at radius 2 is 2.05 bits per heavy atom. The lowest BCUT2D eigenvalue weighted by Gasteiger charge is -2.12. The van der Waals surface area contributed by atoms with Gasteiger partial charge in [-0.2, -0.15) is 5.10 Å². The van der Waals surface area contributed by atoms with Gasteiger partial charge in [0.1, 0.15) is 5.69 Å². The van der Waals surface area contributed by atoms with Gasteiger partial charge in [-0.1, -0.05) is 11.6 Å². The number of halogens is 1. The molecule has 0 atom stereocenters. The van der Waals surface area contributed by atoms with Gasteiger partial charge in [-0.25, -0.2) is 4.98 Å². The maximum Gasteiger partial charge on any atom is 0.274 e. The summed E-state index contributed by atoms with van der Waals surface area (Å²) in [6.07, 6.45) is 3.27. The molecule has 0 unspecified atom stereocenters. The topological polar surface area (TPSA) is 73.9 Å².